The van der Waals surface area contributed by atoms with Gasteiger partial charge in [-0.05, 0) is 12.6 Å². The Morgan fingerprint density at radius 2 is 1.67 bits per heavy atom. The molecule has 12 heavy (non-hydrogen) atoms. The molecular weight excluding hydrogens is 150 g/mol. The van der Waals surface area contributed by atoms with Crippen LogP contribution in [-0.2, 0) is 4.74 Å². The van der Waals surface area contributed by atoms with Crippen LogP contribution in [0.2, 0.25) is 0 Å². The van der Waals surface area contributed by atoms with Crippen LogP contribution in [0.25, 0.3) is 0 Å². The van der Waals surface area contributed by atoms with Crippen LogP contribution in [0.4, 0.5) is 0 Å². The molecule has 0 spiro atoms. The van der Waals surface area contributed by atoms with E-state index in [0.29, 0.717) is 11.8 Å². The van der Waals surface area contributed by atoms with Gasteiger partial charge in [0.05, 0.1) is 12.8 Å². The summed E-state index contributed by atoms with van der Waals surface area (Å²) < 4.78 is 5.27. The molecule has 0 N–H and O–H groups in total. The highest BCUT2D eigenvalue weighted by molar-refractivity contribution is 5.30. The molecule has 70 valence electrons. The molecule has 0 radical (unpaired) electrons. The standard InChI is InChI=1S/C10H19NO/c1-7(2)9(11-5)10(12-6)8(3)4/h7-8H,5H2,1-4,6H3/b10-9-. The van der Waals surface area contributed by atoms with Crippen molar-refractivity contribution in [2.24, 2.45) is 16.8 Å². The third-order valence-electron chi connectivity index (χ3n) is 1.71. The van der Waals surface area contributed by atoms with Crippen molar-refractivity contribution >= 4 is 6.72 Å². The zero-order valence-electron chi connectivity index (χ0n) is 8.72. The normalized spacial score (nSPS) is 13.2. The van der Waals surface area contributed by atoms with Gasteiger partial charge in [0, 0.05) is 5.92 Å². The quantitative estimate of drug-likeness (QED) is 0.468. The molecule has 0 unspecified atom stereocenters. The number of nitrogens with zero attached hydrogens (tertiary/aromatic N) is 1. The maximum absolute atomic E-state index is 5.27. The van der Waals surface area contributed by atoms with Gasteiger partial charge in [-0.25, -0.2) is 0 Å². The zero-order chi connectivity index (χ0) is 9.72. The van der Waals surface area contributed by atoms with Crippen molar-refractivity contribution in [2.75, 3.05) is 7.11 Å². The molecule has 0 fully saturated rings. The highest BCUT2D eigenvalue weighted by atomic mass is 16.5. The fourth-order valence-corrected chi connectivity index (χ4v) is 1.18. The molecule has 2 heteroatoms. The first-order chi connectivity index (χ1) is 5.54. The summed E-state index contributed by atoms with van der Waals surface area (Å²) in [5, 5.41) is 0. The van der Waals surface area contributed by atoms with Gasteiger partial charge >= 0.3 is 0 Å². The van der Waals surface area contributed by atoms with Gasteiger partial charge < -0.3 is 4.74 Å². The van der Waals surface area contributed by atoms with Gasteiger partial charge in [-0.15, -0.1) is 0 Å². The number of hydrogen-bond acceptors (Lipinski definition) is 2. The molecule has 0 amide bonds. The summed E-state index contributed by atoms with van der Waals surface area (Å²) >= 11 is 0. The zero-order valence-corrected chi connectivity index (χ0v) is 8.72. The van der Waals surface area contributed by atoms with Crippen molar-refractivity contribution in [1.82, 2.24) is 0 Å². The molecule has 0 bridgehead atoms. The second-order valence-electron chi connectivity index (χ2n) is 3.42. The summed E-state index contributed by atoms with van der Waals surface area (Å²) in [6, 6.07) is 0. The topological polar surface area (TPSA) is 21.6 Å². The summed E-state index contributed by atoms with van der Waals surface area (Å²) in [5.41, 5.74) is 0.965. The first kappa shape index (κ1) is 11.2. The first-order valence-electron chi connectivity index (χ1n) is 4.29. The van der Waals surface area contributed by atoms with Crippen LogP contribution < -0.4 is 0 Å². The minimum absolute atomic E-state index is 0.373. The Morgan fingerprint density at radius 3 is 1.75 bits per heavy atom. The Labute approximate surface area is 75.3 Å². The number of hydrogen-bond donors (Lipinski definition) is 0. The van der Waals surface area contributed by atoms with E-state index >= 15 is 0 Å². The highest BCUT2D eigenvalue weighted by Crippen LogP contribution is 2.22. The molecule has 2 nitrogen and oxygen atoms in total. The molecule has 0 atom stereocenters. The van der Waals surface area contributed by atoms with Gasteiger partial charge in [0.1, 0.15) is 5.76 Å². The lowest BCUT2D eigenvalue weighted by Crippen LogP contribution is -2.04. The van der Waals surface area contributed by atoms with Crippen LogP contribution in [0.5, 0.6) is 0 Å². The molecule has 0 rings (SSSR count). The maximum Gasteiger partial charge on any atom is 0.120 e. The Morgan fingerprint density at radius 1 is 1.17 bits per heavy atom. The lowest BCUT2D eigenvalue weighted by atomic mass is 10.0. The predicted molar refractivity (Wildman–Crippen MR) is 53.3 cm³/mol. The highest BCUT2D eigenvalue weighted by Gasteiger charge is 2.12. The summed E-state index contributed by atoms with van der Waals surface area (Å²) in [6.07, 6.45) is 0. The second-order valence-corrected chi connectivity index (χ2v) is 3.42. The van der Waals surface area contributed by atoms with E-state index in [1.54, 1.807) is 7.11 Å². The maximum atomic E-state index is 5.27. The summed E-state index contributed by atoms with van der Waals surface area (Å²) in [4.78, 5) is 3.98. The van der Waals surface area contributed by atoms with Gasteiger partial charge in [0.25, 0.3) is 0 Å². The van der Waals surface area contributed by atoms with Crippen molar-refractivity contribution in [3.63, 3.8) is 0 Å². The summed E-state index contributed by atoms with van der Waals surface area (Å²) in [5.74, 6) is 1.69. The van der Waals surface area contributed by atoms with Crippen LogP contribution in [0.1, 0.15) is 27.7 Å². The average molecular weight is 169 g/mol. The lowest BCUT2D eigenvalue weighted by molar-refractivity contribution is 0.244. The van der Waals surface area contributed by atoms with E-state index in [1.165, 1.54) is 0 Å². The summed E-state index contributed by atoms with van der Waals surface area (Å²) in [7, 11) is 1.68. The molecule has 0 aliphatic heterocycles. The second kappa shape index (κ2) is 4.96. The number of aliphatic imine (C=N–C) groups is 1. The molecule has 0 saturated carbocycles. The van der Waals surface area contributed by atoms with Gasteiger partial charge in [0.15, 0.2) is 0 Å². The van der Waals surface area contributed by atoms with Crippen molar-refractivity contribution in [3.8, 4) is 0 Å². The largest absolute Gasteiger partial charge is 0.499 e. The van der Waals surface area contributed by atoms with E-state index in [2.05, 4.69) is 39.4 Å². The Bertz CT molecular complexity index is 180. The van der Waals surface area contributed by atoms with E-state index in [0.717, 1.165) is 11.5 Å². The third-order valence-corrected chi connectivity index (χ3v) is 1.71. The van der Waals surface area contributed by atoms with E-state index in [1.807, 2.05) is 0 Å². The fraction of sp³-hybridized carbons (Fsp3) is 0.700. The van der Waals surface area contributed by atoms with Crippen LogP contribution in [0.15, 0.2) is 16.4 Å². The van der Waals surface area contributed by atoms with E-state index < -0.39 is 0 Å². The minimum Gasteiger partial charge on any atom is -0.499 e. The average Bonchev–Trinajstić information content (AvgIpc) is 1.98. The lowest BCUT2D eigenvalue weighted by Gasteiger charge is -2.15. The first-order valence-corrected chi connectivity index (χ1v) is 4.29. The number of methoxy groups -OCH3 is 1. The molecule has 0 saturated heterocycles. The van der Waals surface area contributed by atoms with Gasteiger partial charge in [-0.1, -0.05) is 27.7 Å². The summed E-state index contributed by atoms with van der Waals surface area (Å²) in [6.45, 7) is 11.9. The molecular formula is C10H19NO. The molecule has 0 aliphatic rings. The Balaban J connectivity index is 4.87. The van der Waals surface area contributed by atoms with Crippen molar-refractivity contribution in [1.29, 1.82) is 0 Å². The van der Waals surface area contributed by atoms with Crippen LogP contribution in [0.3, 0.4) is 0 Å². The monoisotopic (exact) mass is 169 g/mol. The Kier molecular flexibility index (Phi) is 4.64. The third kappa shape index (κ3) is 2.68. The smallest absolute Gasteiger partial charge is 0.120 e. The van der Waals surface area contributed by atoms with Gasteiger partial charge in [0.2, 0.25) is 0 Å². The predicted octanol–water partition coefficient (Wildman–Crippen LogP) is 2.86. The van der Waals surface area contributed by atoms with Gasteiger partial charge in [-0.2, -0.15) is 0 Å². The number of ether oxygens (including phenoxy) is 1. The van der Waals surface area contributed by atoms with Gasteiger partial charge in [-0.3, -0.25) is 4.99 Å². The van der Waals surface area contributed by atoms with Crippen LogP contribution in [0, 0.1) is 11.8 Å². The van der Waals surface area contributed by atoms with E-state index in [-0.39, 0.29) is 0 Å². The van der Waals surface area contributed by atoms with Crippen LogP contribution >= 0.6 is 0 Å². The minimum atomic E-state index is 0.373. The van der Waals surface area contributed by atoms with E-state index in [4.69, 9.17) is 4.74 Å². The van der Waals surface area contributed by atoms with Crippen LogP contribution in [-0.4, -0.2) is 13.8 Å². The fourth-order valence-electron chi connectivity index (χ4n) is 1.18. The molecule has 0 aromatic rings. The number of rotatable bonds is 4. The Hall–Kier alpha value is -0.790. The molecule has 0 aliphatic carbocycles. The SMILES string of the molecule is C=N/C(=C(\OC)C(C)C)C(C)C. The number of allylic oxidation sites excluding steroid dienone is 2. The molecule has 0 aromatic heterocycles. The van der Waals surface area contributed by atoms with Crippen molar-refractivity contribution in [2.45, 2.75) is 27.7 Å². The van der Waals surface area contributed by atoms with E-state index in [9.17, 15) is 0 Å². The van der Waals surface area contributed by atoms with Crippen molar-refractivity contribution < 1.29 is 4.74 Å². The molecule has 0 heterocycles. The molecule has 0 aromatic carbocycles. The van der Waals surface area contributed by atoms with Crippen molar-refractivity contribution in [3.05, 3.63) is 11.5 Å².